The maximum atomic E-state index is 13.1. The van der Waals surface area contributed by atoms with Crippen LogP contribution in [0.15, 0.2) is 48.5 Å². The average molecular weight is 340 g/mol. The van der Waals surface area contributed by atoms with Gasteiger partial charge < -0.3 is 10.2 Å². The first kappa shape index (κ1) is 17.1. The second-order valence-corrected chi connectivity index (χ2v) is 6.35. The predicted molar refractivity (Wildman–Crippen MR) is 94.5 cm³/mol. The van der Waals surface area contributed by atoms with E-state index in [9.17, 15) is 14.0 Å². The monoisotopic (exact) mass is 340 g/mol. The molecule has 1 aliphatic heterocycles. The highest BCUT2D eigenvalue weighted by molar-refractivity contribution is 5.88. The largest absolute Gasteiger partial charge is 0.335 e. The van der Waals surface area contributed by atoms with Gasteiger partial charge in [0.15, 0.2) is 0 Å². The molecule has 0 aliphatic carbocycles. The summed E-state index contributed by atoms with van der Waals surface area (Å²) >= 11 is 0. The summed E-state index contributed by atoms with van der Waals surface area (Å²) in [5.74, 6) is -0.319. The van der Waals surface area contributed by atoms with Gasteiger partial charge in [-0.3, -0.25) is 9.59 Å². The SMILES string of the molecule is CC(=O)Nc1ccc(CC(=O)N2CCCC2c2ccc(F)cc2)cc1. The molecular weight excluding hydrogens is 319 g/mol. The van der Waals surface area contributed by atoms with Crippen LogP contribution in [0.1, 0.15) is 36.9 Å². The second kappa shape index (κ2) is 7.47. The normalized spacial score (nSPS) is 16.7. The highest BCUT2D eigenvalue weighted by Crippen LogP contribution is 2.32. The van der Waals surface area contributed by atoms with E-state index in [0.29, 0.717) is 12.1 Å². The summed E-state index contributed by atoms with van der Waals surface area (Å²) in [7, 11) is 0. The van der Waals surface area contributed by atoms with E-state index < -0.39 is 0 Å². The molecule has 0 radical (unpaired) electrons. The summed E-state index contributed by atoms with van der Waals surface area (Å²) in [5, 5.41) is 2.71. The Bertz CT molecular complexity index is 756. The van der Waals surface area contributed by atoms with Crippen LogP contribution in [0.25, 0.3) is 0 Å². The Hall–Kier alpha value is -2.69. The first-order chi connectivity index (χ1) is 12.0. The number of anilines is 1. The molecule has 0 spiro atoms. The van der Waals surface area contributed by atoms with Crippen LogP contribution in [0.5, 0.6) is 0 Å². The number of nitrogens with zero attached hydrogens (tertiary/aromatic N) is 1. The van der Waals surface area contributed by atoms with Gasteiger partial charge in [0.05, 0.1) is 12.5 Å². The Morgan fingerprint density at radius 3 is 2.44 bits per heavy atom. The molecule has 1 N–H and O–H groups in total. The van der Waals surface area contributed by atoms with Gasteiger partial charge in [0.2, 0.25) is 11.8 Å². The van der Waals surface area contributed by atoms with Crippen LogP contribution in [0.3, 0.4) is 0 Å². The van der Waals surface area contributed by atoms with Gasteiger partial charge in [0.1, 0.15) is 5.82 Å². The Labute approximate surface area is 146 Å². The molecule has 25 heavy (non-hydrogen) atoms. The fourth-order valence-corrected chi connectivity index (χ4v) is 3.28. The van der Waals surface area contributed by atoms with E-state index >= 15 is 0 Å². The van der Waals surface area contributed by atoms with E-state index in [0.717, 1.165) is 30.5 Å². The van der Waals surface area contributed by atoms with Crippen molar-refractivity contribution in [3.63, 3.8) is 0 Å². The Morgan fingerprint density at radius 1 is 1.12 bits per heavy atom. The standard InChI is InChI=1S/C20H21FN2O2/c1-14(24)22-18-10-4-15(5-11-18)13-20(25)23-12-2-3-19(23)16-6-8-17(21)9-7-16/h4-11,19H,2-3,12-13H2,1H3,(H,22,24). The minimum atomic E-state index is -0.265. The van der Waals surface area contributed by atoms with Crippen molar-refractivity contribution in [1.82, 2.24) is 4.90 Å². The number of carbonyl (C=O) groups excluding carboxylic acids is 2. The van der Waals surface area contributed by atoms with Crippen LogP contribution in [0.4, 0.5) is 10.1 Å². The van der Waals surface area contributed by atoms with Crippen LogP contribution in [-0.2, 0) is 16.0 Å². The molecule has 1 aliphatic rings. The zero-order chi connectivity index (χ0) is 17.8. The lowest BCUT2D eigenvalue weighted by Crippen LogP contribution is -2.31. The van der Waals surface area contributed by atoms with E-state index in [1.165, 1.54) is 19.1 Å². The highest BCUT2D eigenvalue weighted by atomic mass is 19.1. The smallest absolute Gasteiger partial charge is 0.227 e. The highest BCUT2D eigenvalue weighted by Gasteiger charge is 2.29. The van der Waals surface area contributed by atoms with Crippen LogP contribution < -0.4 is 5.32 Å². The summed E-state index contributed by atoms with van der Waals surface area (Å²) in [6.45, 7) is 2.19. The van der Waals surface area contributed by atoms with Crippen molar-refractivity contribution in [2.24, 2.45) is 0 Å². The van der Waals surface area contributed by atoms with E-state index in [1.807, 2.05) is 17.0 Å². The Balaban J connectivity index is 1.67. The second-order valence-electron chi connectivity index (χ2n) is 6.35. The quantitative estimate of drug-likeness (QED) is 0.923. The molecule has 3 rings (SSSR count). The number of hydrogen-bond donors (Lipinski definition) is 1. The van der Waals surface area contributed by atoms with Crippen LogP contribution in [-0.4, -0.2) is 23.3 Å². The van der Waals surface area contributed by atoms with Crippen LogP contribution in [0, 0.1) is 5.82 Å². The van der Waals surface area contributed by atoms with Crippen molar-refractivity contribution in [1.29, 1.82) is 0 Å². The molecular formula is C20H21FN2O2. The molecule has 2 aromatic carbocycles. The lowest BCUT2D eigenvalue weighted by atomic mass is 10.0. The minimum absolute atomic E-state index is 0.0201. The number of amides is 2. The molecule has 4 nitrogen and oxygen atoms in total. The molecule has 0 aromatic heterocycles. The van der Waals surface area contributed by atoms with Crippen LogP contribution in [0.2, 0.25) is 0 Å². The number of carbonyl (C=O) groups is 2. The molecule has 5 heteroatoms. The number of rotatable bonds is 4. The fraction of sp³-hybridized carbons (Fsp3) is 0.300. The van der Waals surface area contributed by atoms with Crippen molar-refractivity contribution in [3.8, 4) is 0 Å². The third kappa shape index (κ3) is 4.24. The van der Waals surface area contributed by atoms with E-state index in [1.54, 1.807) is 24.3 Å². The third-order valence-corrected chi connectivity index (χ3v) is 4.46. The van der Waals surface area contributed by atoms with Crippen molar-refractivity contribution in [2.75, 3.05) is 11.9 Å². The molecule has 0 saturated carbocycles. The summed E-state index contributed by atoms with van der Waals surface area (Å²) in [5.41, 5.74) is 2.60. The molecule has 1 atom stereocenters. The Kier molecular flexibility index (Phi) is 5.12. The van der Waals surface area contributed by atoms with Crippen molar-refractivity contribution >= 4 is 17.5 Å². The molecule has 1 heterocycles. The van der Waals surface area contributed by atoms with E-state index in [2.05, 4.69) is 5.32 Å². The fourth-order valence-electron chi connectivity index (χ4n) is 3.28. The maximum Gasteiger partial charge on any atom is 0.227 e. The van der Waals surface area contributed by atoms with Crippen molar-refractivity contribution in [2.45, 2.75) is 32.2 Å². The van der Waals surface area contributed by atoms with Gasteiger partial charge >= 0.3 is 0 Å². The van der Waals surface area contributed by atoms with Gasteiger partial charge in [-0.05, 0) is 48.2 Å². The summed E-state index contributed by atoms with van der Waals surface area (Å²) in [4.78, 5) is 25.6. The van der Waals surface area contributed by atoms with Gasteiger partial charge in [0.25, 0.3) is 0 Å². The number of benzene rings is 2. The average Bonchev–Trinajstić information content (AvgIpc) is 3.06. The zero-order valence-electron chi connectivity index (χ0n) is 14.2. The van der Waals surface area contributed by atoms with Gasteiger partial charge in [-0.1, -0.05) is 24.3 Å². The molecule has 2 aromatic rings. The lowest BCUT2D eigenvalue weighted by Gasteiger charge is -2.25. The third-order valence-electron chi connectivity index (χ3n) is 4.46. The molecule has 130 valence electrons. The van der Waals surface area contributed by atoms with Crippen LogP contribution >= 0.6 is 0 Å². The van der Waals surface area contributed by atoms with Crippen molar-refractivity contribution < 1.29 is 14.0 Å². The summed E-state index contributed by atoms with van der Waals surface area (Å²) in [6.07, 6.45) is 2.17. The lowest BCUT2D eigenvalue weighted by molar-refractivity contribution is -0.131. The van der Waals surface area contributed by atoms with E-state index in [-0.39, 0.29) is 23.7 Å². The van der Waals surface area contributed by atoms with E-state index in [4.69, 9.17) is 0 Å². The molecule has 1 unspecified atom stereocenters. The first-order valence-corrected chi connectivity index (χ1v) is 8.44. The van der Waals surface area contributed by atoms with Gasteiger partial charge in [-0.15, -0.1) is 0 Å². The summed E-state index contributed by atoms with van der Waals surface area (Å²) in [6, 6.07) is 13.7. The van der Waals surface area contributed by atoms with Crippen molar-refractivity contribution in [3.05, 3.63) is 65.5 Å². The van der Waals surface area contributed by atoms with Gasteiger partial charge in [0, 0.05) is 19.2 Å². The predicted octanol–water partition coefficient (Wildman–Crippen LogP) is 3.69. The zero-order valence-corrected chi connectivity index (χ0v) is 14.2. The van der Waals surface area contributed by atoms with Gasteiger partial charge in [-0.25, -0.2) is 4.39 Å². The molecule has 0 bridgehead atoms. The number of likely N-dealkylation sites (tertiary alicyclic amines) is 1. The molecule has 1 saturated heterocycles. The minimum Gasteiger partial charge on any atom is -0.335 e. The molecule has 2 amide bonds. The molecule has 1 fully saturated rings. The summed E-state index contributed by atoms with van der Waals surface area (Å²) < 4.78 is 13.1. The maximum absolute atomic E-state index is 13.1. The van der Waals surface area contributed by atoms with Gasteiger partial charge in [-0.2, -0.15) is 0 Å². The Morgan fingerprint density at radius 2 is 1.80 bits per heavy atom. The topological polar surface area (TPSA) is 49.4 Å². The number of nitrogens with one attached hydrogen (secondary N) is 1. The number of hydrogen-bond acceptors (Lipinski definition) is 2. The number of halogens is 1. The first-order valence-electron chi connectivity index (χ1n) is 8.44.